The Kier molecular flexibility index (Phi) is 7.79. The minimum Gasteiger partial charge on any atom is -0.479 e. The lowest BCUT2D eigenvalue weighted by atomic mass is 10.1. The van der Waals surface area contributed by atoms with Crippen LogP contribution in [0.2, 0.25) is 15.1 Å². The highest BCUT2D eigenvalue weighted by Crippen LogP contribution is 2.37. The van der Waals surface area contributed by atoms with Crippen molar-refractivity contribution in [2.45, 2.75) is 0 Å². The average Bonchev–Trinajstić information content (AvgIpc) is 2.73. The van der Waals surface area contributed by atoms with Crippen molar-refractivity contribution in [3.05, 3.63) is 61.0 Å². The Bertz CT molecular complexity index is 1160. The second-order valence-electron chi connectivity index (χ2n) is 6.21. The van der Waals surface area contributed by atoms with Crippen LogP contribution in [0.1, 0.15) is 5.56 Å². The Balaban J connectivity index is 1.97. The van der Waals surface area contributed by atoms with Crippen LogP contribution >= 0.6 is 63.0 Å². The molecule has 0 radical (unpaired) electrons. The summed E-state index contributed by atoms with van der Waals surface area (Å²) in [4.78, 5) is 38.0. The van der Waals surface area contributed by atoms with Gasteiger partial charge in [-0.05, 0) is 64.1 Å². The van der Waals surface area contributed by atoms with Gasteiger partial charge in [-0.2, -0.15) is 0 Å². The van der Waals surface area contributed by atoms with E-state index in [-0.39, 0.29) is 43.8 Å². The number of rotatable bonds is 5. The average molecular weight is 579 g/mol. The second kappa shape index (κ2) is 10.2. The van der Waals surface area contributed by atoms with E-state index >= 15 is 0 Å². The van der Waals surface area contributed by atoms with E-state index in [4.69, 9.17) is 51.8 Å². The zero-order valence-electron chi connectivity index (χ0n) is 16.1. The molecular formula is C20H12BrCl3N2O5S. The SMILES string of the molecule is COC(=O)COc1c(Cl)cc(/C=C2\C(=O)NC(=S)N(c3cccc(Cl)c3Cl)C2=O)cc1Br. The van der Waals surface area contributed by atoms with Gasteiger partial charge in [-0.1, -0.05) is 40.9 Å². The number of nitrogens with zero attached hydrogens (tertiary/aromatic N) is 1. The van der Waals surface area contributed by atoms with Crippen LogP contribution in [-0.4, -0.2) is 36.6 Å². The number of carbonyl (C=O) groups is 3. The Labute approximate surface area is 211 Å². The molecule has 7 nitrogen and oxygen atoms in total. The predicted molar refractivity (Wildman–Crippen MR) is 129 cm³/mol. The van der Waals surface area contributed by atoms with Crippen molar-refractivity contribution in [3.8, 4) is 5.75 Å². The number of methoxy groups -OCH3 is 1. The molecule has 3 rings (SSSR count). The van der Waals surface area contributed by atoms with Gasteiger partial charge in [0.1, 0.15) is 5.57 Å². The predicted octanol–water partition coefficient (Wildman–Crippen LogP) is 4.79. The molecule has 1 saturated heterocycles. The van der Waals surface area contributed by atoms with Crippen LogP contribution < -0.4 is 15.0 Å². The van der Waals surface area contributed by atoms with Gasteiger partial charge in [-0.3, -0.25) is 19.8 Å². The molecule has 2 amide bonds. The van der Waals surface area contributed by atoms with E-state index in [2.05, 4.69) is 26.0 Å². The molecule has 2 aromatic carbocycles. The maximum absolute atomic E-state index is 13.1. The van der Waals surface area contributed by atoms with E-state index in [9.17, 15) is 14.4 Å². The van der Waals surface area contributed by atoms with Crippen molar-refractivity contribution in [1.82, 2.24) is 5.32 Å². The van der Waals surface area contributed by atoms with Crippen molar-refractivity contribution in [3.63, 3.8) is 0 Å². The summed E-state index contributed by atoms with van der Waals surface area (Å²) in [6, 6.07) is 7.74. The zero-order chi connectivity index (χ0) is 23.6. The first kappa shape index (κ1) is 24.5. The molecule has 1 fully saturated rings. The van der Waals surface area contributed by atoms with Gasteiger partial charge in [0.25, 0.3) is 11.8 Å². The molecule has 0 spiro atoms. The fourth-order valence-corrected chi connectivity index (χ4v) is 4.34. The number of carbonyl (C=O) groups excluding carboxylic acids is 3. The summed E-state index contributed by atoms with van der Waals surface area (Å²) >= 11 is 27.0. The first-order valence-corrected chi connectivity index (χ1v) is 11.0. The van der Waals surface area contributed by atoms with E-state index in [0.717, 1.165) is 4.90 Å². The van der Waals surface area contributed by atoms with Crippen LogP contribution in [0.15, 0.2) is 40.4 Å². The maximum atomic E-state index is 13.1. The quantitative estimate of drug-likeness (QED) is 0.238. The number of esters is 1. The highest BCUT2D eigenvalue weighted by Gasteiger charge is 2.35. The molecule has 0 bridgehead atoms. The Hall–Kier alpha value is -2.17. The van der Waals surface area contributed by atoms with Gasteiger partial charge >= 0.3 is 5.97 Å². The van der Waals surface area contributed by atoms with Gasteiger partial charge in [-0.25, -0.2) is 4.79 Å². The van der Waals surface area contributed by atoms with Gasteiger partial charge in [-0.15, -0.1) is 0 Å². The fraction of sp³-hybridized carbons (Fsp3) is 0.100. The van der Waals surface area contributed by atoms with Gasteiger partial charge in [0.2, 0.25) is 0 Å². The Morgan fingerprint density at radius 1 is 1.22 bits per heavy atom. The molecule has 1 aliphatic heterocycles. The van der Waals surface area contributed by atoms with E-state index in [1.807, 2.05) is 0 Å². The van der Waals surface area contributed by atoms with Gasteiger partial charge in [0.05, 0.1) is 32.3 Å². The van der Waals surface area contributed by atoms with E-state index in [0.29, 0.717) is 10.0 Å². The normalized spacial score (nSPS) is 15.1. The number of thiocarbonyl (C=S) groups is 1. The molecule has 1 aliphatic rings. The summed E-state index contributed by atoms with van der Waals surface area (Å²) in [6.07, 6.45) is 1.34. The van der Waals surface area contributed by atoms with Crippen molar-refractivity contribution < 1.29 is 23.9 Å². The molecule has 166 valence electrons. The van der Waals surface area contributed by atoms with Crippen molar-refractivity contribution >= 4 is 97.6 Å². The van der Waals surface area contributed by atoms with Crippen LogP contribution in [0.25, 0.3) is 6.08 Å². The number of anilines is 1. The Morgan fingerprint density at radius 3 is 2.59 bits per heavy atom. The van der Waals surface area contributed by atoms with Crippen LogP contribution in [0.5, 0.6) is 5.75 Å². The van der Waals surface area contributed by atoms with Crippen LogP contribution in [0.3, 0.4) is 0 Å². The van der Waals surface area contributed by atoms with Crippen LogP contribution in [-0.2, 0) is 19.1 Å². The third-order valence-corrected chi connectivity index (χ3v) is 6.13. The lowest BCUT2D eigenvalue weighted by Gasteiger charge is -2.29. The van der Waals surface area contributed by atoms with Crippen molar-refractivity contribution in [2.75, 3.05) is 18.6 Å². The minimum atomic E-state index is -0.693. The molecule has 0 atom stereocenters. The smallest absolute Gasteiger partial charge is 0.343 e. The summed E-state index contributed by atoms with van der Waals surface area (Å²) in [5, 5.41) is 2.80. The number of ether oxygens (including phenoxy) is 2. The molecular weight excluding hydrogens is 567 g/mol. The number of halogens is 4. The summed E-state index contributed by atoms with van der Waals surface area (Å²) in [5.41, 5.74) is 0.433. The number of benzene rings is 2. The number of hydrogen-bond donors (Lipinski definition) is 1. The molecule has 0 unspecified atom stereocenters. The van der Waals surface area contributed by atoms with E-state index < -0.39 is 17.8 Å². The monoisotopic (exact) mass is 576 g/mol. The Morgan fingerprint density at radius 2 is 1.94 bits per heavy atom. The first-order valence-electron chi connectivity index (χ1n) is 8.68. The molecule has 1 N–H and O–H groups in total. The van der Waals surface area contributed by atoms with Gasteiger partial charge < -0.3 is 9.47 Å². The molecule has 0 aromatic heterocycles. The summed E-state index contributed by atoms with van der Waals surface area (Å²) in [6.45, 7) is -0.344. The van der Waals surface area contributed by atoms with Crippen molar-refractivity contribution in [2.24, 2.45) is 0 Å². The molecule has 0 aliphatic carbocycles. The molecule has 32 heavy (non-hydrogen) atoms. The van der Waals surface area contributed by atoms with Crippen LogP contribution in [0.4, 0.5) is 5.69 Å². The highest BCUT2D eigenvalue weighted by molar-refractivity contribution is 9.10. The standard InChI is InChI=1S/C20H12BrCl3N2O5S/c1-30-15(27)8-31-17-11(21)6-9(7-13(17)23)5-10-18(28)25-20(32)26(19(10)29)14-4-2-3-12(22)16(14)24/h2-7H,8H2,1H3,(H,25,28,32)/b10-5+. The number of nitrogens with one attached hydrogen (secondary N) is 1. The molecule has 0 saturated carbocycles. The lowest BCUT2D eigenvalue weighted by Crippen LogP contribution is -2.54. The summed E-state index contributed by atoms with van der Waals surface area (Å²) in [5.74, 6) is -1.76. The highest BCUT2D eigenvalue weighted by atomic mass is 79.9. The summed E-state index contributed by atoms with van der Waals surface area (Å²) in [7, 11) is 1.23. The number of amides is 2. The van der Waals surface area contributed by atoms with E-state index in [1.54, 1.807) is 24.3 Å². The first-order chi connectivity index (χ1) is 15.1. The maximum Gasteiger partial charge on any atom is 0.343 e. The van der Waals surface area contributed by atoms with E-state index in [1.165, 1.54) is 19.3 Å². The topological polar surface area (TPSA) is 84.9 Å². The van der Waals surface area contributed by atoms with Gasteiger partial charge in [0, 0.05) is 0 Å². The third kappa shape index (κ3) is 5.07. The van der Waals surface area contributed by atoms with Crippen molar-refractivity contribution in [1.29, 1.82) is 0 Å². The fourth-order valence-electron chi connectivity index (χ4n) is 2.70. The minimum absolute atomic E-state index is 0.110. The second-order valence-corrected chi connectivity index (χ2v) is 8.64. The molecule has 2 aromatic rings. The molecule has 1 heterocycles. The molecule has 12 heteroatoms. The summed E-state index contributed by atoms with van der Waals surface area (Å²) < 4.78 is 10.3. The third-order valence-electron chi connectivity index (χ3n) is 4.17. The largest absolute Gasteiger partial charge is 0.479 e. The zero-order valence-corrected chi connectivity index (χ0v) is 20.8. The lowest BCUT2D eigenvalue weighted by molar-refractivity contribution is -0.143. The number of hydrogen-bond acceptors (Lipinski definition) is 6. The van der Waals surface area contributed by atoms with Gasteiger partial charge in [0.15, 0.2) is 17.5 Å². The van der Waals surface area contributed by atoms with Crippen LogP contribution in [0, 0.1) is 0 Å².